The molecule has 2 aromatic rings. The molecule has 0 fully saturated rings. The van der Waals surface area contributed by atoms with Crippen molar-refractivity contribution in [2.45, 2.75) is 13.5 Å². The second-order valence-electron chi connectivity index (χ2n) is 4.86. The summed E-state index contributed by atoms with van der Waals surface area (Å²) in [5, 5.41) is 12.2. The fourth-order valence-corrected chi connectivity index (χ4v) is 2.17. The molecule has 0 saturated carbocycles. The Labute approximate surface area is 138 Å². The molecule has 1 aromatic carbocycles. The molecule has 0 bridgehead atoms. The number of amides is 1. The predicted molar refractivity (Wildman–Crippen MR) is 88.1 cm³/mol. The number of hydrogen-bond donors (Lipinski definition) is 2. The number of aromatic nitrogens is 1. The summed E-state index contributed by atoms with van der Waals surface area (Å²) in [7, 11) is 0. The average molecular weight is 337 g/mol. The summed E-state index contributed by atoms with van der Waals surface area (Å²) < 4.78 is 7.05. The summed E-state index contributed by atoms with van der Waals surface area (Å²) in [5.74, 6) is -0.282. The molecule has 2 rings (SSSR count). The topological polar surface area (TPSA) is 80.6 Å². The van der Waals surface area contributed by atoms with Crippen LogP contribution in [0.2, 0.25) is 5.02 Å². The first kappa shape index (κ1) is 17.1. The molecule has 7 heteroatoms. The Bertz CT molecular complexity index is 741. The van der Waals surface area contributed by atoms with Gasteiger partial charge in [0.2, 0.25) is 5.43 Å². The Morgan fingerprint density at radius 3 is 2.65 bits per heavy atom. The smallest absolute Gasteiger partial charge is 0.262 e. The van der Waals surface area contributed by atoms with Gasteiger partial charge in [0.05, 0.1) is 12.3 Å². The van der Waals surface area contributed by atoms with Crippen LogP contribution in [-0.4, -0.2) is 28.8 Å². The van der Waals surface area contributed by atoms with Crippen molar-refractivity contribution >= 4 is 23.2 Å². The van der Waals surface area contributed by atoms with Crippen LogP contribution < -0.4 is 15.5 Å². The van der Waals surface area contributed by atoms with Gasteiger partial charge in [-0.15, -0.1) is 0 Å². The quantitative estimate of drug-likeness (QED) is 0.843. The molecule has 0 radical (unpaired) electrons. The highest BCUT2D eigenvalue weighted by atomic mass is 35.5. The van der Waals surface area contributed by atoms with Gasteiger partial charge in [-0.2, -0.15) is 0 Å². The maximum absolute atomic E-state index is 11.9. The summed E-state index contributed by atoms with van der Waals surface area (Å²) in [6.45, 7) is 1.70. The van der Waals surface area contributed by atoms with E-state index in [0.29, 0.717) is 22.9 Å². The molecule has 23 heavy (non-hydrogen) atoms. The molecule has 1 amide bonds. The van der Waals surface area contributed by atoms with Crippen LogP contribution in [0.15, 0.2) is 41.3 Å². The van der Waals surface area contributed by atoms with Crippen LogP contribution in [0.4, 0.5) is 5.69 Å². The molecule has 0 aliphatic rings. The zero-order chi connectivity index (χ0) is 16.8. The molecular weight excluding hydrogens is 320 g/mol. The van der Waals surface area contributed by atoms with Gasteiger partial charge >= 0.3 is 0 Å². The third kappa shape index (κ3) is 4.58. The van der Waals surface area contributed by atoms with Crippen molar-refractivity contribution in [3.63, 3.8) is 0 Å². The van der Waals surface area contributed by atoms with Gasteiger partial charge in [0.25, 0.3) is 5.91 Å². The number of rotatable bonds is 6. The molecule has 0 atom stereocenters. The molecule has 6 nitrogen and oxygen atoms in total. The summed E-state index contributed by atoms with van der Waals surface area (Å²) in [6, 6.07) is 8.00. The number of aliphatic hydroxyl groups is 1. The van der Waals surface area contributed by atoms with Crippen LogP contribution in [0, 0.1) is 6.92 Å². The number of aliphatic hydroxyl groups excluding tert-OH is 1. The van der Waals surface area contributed by atoms with E-state index >= 15 is 0 Å². The number of carbonyl (C=O) groups excluding carboxylic acids is 1. The van der Waals surface area contributed by atoms with E-state index < -0.39 is 0 Å². The summed E-state index contributed by atoms with van der Waals surface area (Å²) >= 11 is 5.77. The van der Waals surface area contributed by atoms with Gasteiger partial charge in [-0.05, 0) is 31.2 Å². The van der Waals surface area contributed by atoms with Crippen molar-refractivity contribution < 1.29 is 14.6 Å². The van der Waals surface area contributed by atoms with Crippen LogP contribution in [0.25, 0.3) is 0 Å². The van der Waals surface area contributed by atoms with Crippen LogP contribution in [0.5, 0.6) is 5.75 Å². The largest absolute Gasteiger partial charge is 0.478 e. The fraction of sp³-hybridized carbons (Fsp3) is 0.250. The minimum absolute atomic E-state index is 0.0554. The van der Waals surface area contributed by atoms with Crippen molar-refractivity contribution in [2.75, 3.05) is 18.5 Å². The second kappa shape index (κ2) is 7.80. The van der Waals surface area contributed by atoms with Gasteiger partial charge in [-0.3, -0.25) is 9.59 Å². The van der Waals surface area contributed by atoms with E-state index in [1.165, 1.54) is 6.07 Å². The van der Waals surface area contributed by atoms with Crippen molar-refractivity contribution in [3.05, 3.63) is 57.5 Å². The maximum atomic E-state index is 11.9. The Morgan fingerprint density at radius 1 is 1.30 bits per heavy atom. The summed E-state index contributed by atoms with van der Waals surface area (Å²) in [4.78, 5) is 23.7. The molecule has 0 spiro atoms. The van der Waals surface area contributed by atoms with Crippen molar-refractivity contribution in [2.24, 2.45) is 0 Å². The number of nitrogens with zero attached hydrogens (tertiary/aromatic N) is 1. The van der Waals surface area contributed by atoms with Gasteiger partial charge in [0, 0.05) is 29.5 Å². The Hall–Kier alpha value is -2.31. The standard InChI is InChI=1S/C16H17ClN2O4/c1-11-16(14(21)6-7-19(11)8-9-20)23-10-15(22)18-13-4-2-12(17)3-5-13/h2-7,20H,8-10H2,1H3,(H,18,22). The lowest BCUT2D eigenvalue weighted by Crippen LogP contribution is -2.24. The number of pyridine rings is 1. The van der Waals surface area contributed by atoms with E-state index in [-0.39, 0.29) is 30.3 Å². The van der Waals surface area contributed by atoms with Gasteiger partial charge in [0.15, 0.2) is 12.4 Å². The van der Waals surface area contributed by atoms with E-state index in [9.17, 15) is 9.59 Å². The molecule has 0 aliphatic heterocycles. The lowest BCUT2D eigenvalue weighted by atomic mass is 10.3. The van der Waals surface area contributed by atoms with E-state index in [4.69, 9.17) is 21.4 Å². The molecule has 1 heterocycles. The zero-order valence-electron chi connectivity index (χ0n) is 12.6. The molecule has 122 valence electrons. The van der Waals surface area contributed by atoms with Gasteiger partial charge < -0.3 is 19.7 Å². The number of nitrogens with one attached hydrogen (secondary N) is 1. The molecule has 0 unspecified atom stereocenters. The minimum Gasteiger partial charge on any atom is -0.478 e. The number of anilines is 1. The van der Waals surface area contributed by atoms with E-state index in [2.05, 4.69) is 5.32 Å². The van der Waals surface area contributed by atoms with Crippen LogP contribution in [0.3, 0.4) is 0 Å². The van der Waals surface area contributed by atoms with Gasteiger partial charge in [-0.25, -0.2) is 0 Å². The number of carbonyl (C=O) groups is 1. The zero-order valence-corrected chi connectivity index (χ0v) is 13.3. The molecule has 0 aliphatic carbocycles. The first-order valence-electron chi connectivity index (χ1n) is 7.00. The van der Waals surface area contributed by atoms with Crippen molar-refractivity contribution in [3.8, 4) is 5.75 Å². The molecule has 0 saturated heterocycles. The first-order valence-corrected chi connectivity index (χ1v) is 7.38. The Balaban J connectivity index is 2.02. The third-order valence-electron chi connectivity index (χ3n) is 3.21. The number of benzene rings is 1. The van der Waals surface area contributed by atoms with E-state index in [1.807, 2.05) is 0 Å². The molecular formula is C16H17ClN2O4. The Kier molecular flexibility index (Phi) is 5.78. The third-order valence-corrected chi connectivity index (χ3v) is 3.46. The number of hydrogen-bond acceptors (Lipinski definition) is 4. The van der Waals surface area contributed by atoms with Crippen molar-refractivity contribution in [1.82, 2.24) is 4.57 Å². The lowest BCUT2D eigenvalue weighted by Gasteiger charge is -2.13. The Morgan fingerprint density at radius 2 is 2.00 bits per heavy atom. The normalized spacial score (nSPS) is 10.4. The van der Waals surface area contributed by atoms with Gasteiger partial charge in [0.1, 0.15) is 0 Å². The SMILES string of the molecule is Cc1c(OCC(=O)Nc2ccc(Cl)cc2)c(=O)ccn1CCO. The fourth-order valence-electron chi connectivity index (χ4n) is 2.05. The number of halogens is 1. The predicted octanol–water partition coefficient (Wildman–Crippen LogP) is 1.82. The molecule has 1 aromatic heterocycles. The van der Waals surface area contributed by atoms with E-state index in [0.717, 1.165) is 0 Å². The monoisotopic (exact) mass is 336 g/mol. The van der Waals surface area contributed by atoms with Crippen molar-refractivity contribution in [1.29, 1.82) is 0 Å². The first-order chi connectivity index (χ1) is 11.0. The van der Waals surface area contributed by atoms with Crippen LogP contribution >= 0.6 is 11.6 Å². The number of ether oxygens (including phenoxy) is 1. The minimum atomic E-state index is -0.385. The molecule has 2 N–H and O–H groups in total. The highest BCUT2D eigenvalue weighted by Gasteiger charge is 2.11. The summed E-state index contributed by atoms with van der Waals surface area (Å²) in [6.07, 6.45) is 1.58. The van der Waals surface area contributed by atoms with Crippen LogP contribution in [-0.2, 0) is 11.3 Å². The van der Waals surface area contributed by atoms with Gasteiger partial charge in [-0.1, -0.05) is 11.6 Å². The second-order valence-corrected chi connectivity index (χ2v) is 5.29. The summed E-state index contributed by atoms with van der Waals surface area (Å²) in [5.41, 5.74) is 0.840. The highest BCUT2D eigenvalue weighted by molar-refractivity contribution is 6.30. The maximum Gasteiger partial charge on any atom is 0.262 e. The van der Waals surface area contributed by atoms with E-state index in [1.54, 1.807) is 42.0 Å². The van der Waals surface area contributed by atoms with Crippen LogP contribution in [0.1, 0.15) is 5.69 Å². The average Bonchev–Trinajstić information content (AvgIpc) is 2.52. The lowest BCUT2D eigenvalue weighted by molar-refractivity contribution is -0.118. The highest BCUT2D eigenvalue weighted by Crippen LogP contribution is 2.14.